The van der Waals surface area contributed by atoms with E-state index in [1.165, 1.54) is 0 Å². The molecule has 0 radical (unpaired) electrons. The first-order valence-electron chi connectivity index (χ1n) is 9.61. The van der Waals surface area contributed by atoms with Gasteiger partial charge < -0.3 is 14.3 Å². The van der Waals surface area contributed by atoms with Crippen LogP contribution >= 0.6 is 0 Å². The molecular formula is C25H26O5. The summed E-state index contributed by atoms with van der Waals surface area (Å²) in [5.74, 6) is -0.111. The molecule has 2 aromatic rings. The Morgan fingerprint density at radius 3 is 1.60 bits per heavy atom. The number of aldehydes is 1. The zero-order chi connectivity index (χ0) is 22.3. The molecule has 2 unspecified atom stereocenters. The van der Waals surface area contributed by atoms with Crippen molar-refractivity contribution in [3.05, 3.63) is 84.0 Å². The van der Waals surface area contributed by atoms with Gasteiger partial charge in [-0.25, -0.2) is 9.59 Å². The molecule has 0 aliphatic rings. The van der Waals surface area contributed by atoms with E-state index in [2.05, 4.69) is 13.2 Å². The van der Waals surface area contributed by atoms with Crippen molar-refractivity contribution in [2.24, 2.45) is 0 Å². The van der Waals surface area contributed by atoms with Crippen molar-refractivity contribution < 1.29 is 23.9 Å². The molecule has 0 saturated carbocycles. The number of hydrogen-bond acceptors (Lipinski definition) is 5. The average Bonchev–Trinajstić information content (AvgIpc) is 2.72. The van der Waals surface area contributed by atoms with Crippen molar-refractivity contribution in [3.63, 3.8) is 0 Å². The predicted octanol–water partition coefficient (Wildman–Crippen LogP) is 5.13. The molecule has 0 amide bonds. The third-order valence-corrected chi connectivity index (χ3v) is 4.79. The van der Waals surface area contributed by atoms with Crippen LogP contribution in [-0.4, -0.2) is 18.2 Å². The molecular weight excluding hydrogens is 380 g/mol. The van der Waals surface area contributed by atoms with Crippen LogP contribution in [0.5, 0.6) is 11.5 Å². The molecule has 5 nitrogen and oxygen atoms in total. The minimum Gasteiger partial charge on any atom is -0.423 e. The van der Waals surface area contributed by atoms with E-state index in [1.54, 1.807) is 38.1 Å². The van der Waals surface area contributed by atoms with E-state index in [0.717, 1.165) is 17.4 Å². The molecule has 0 bridgehead atoms. The molecule has 0 N–H and O–H groups in total. The largest absolute Gasteiger partial charge is 0.423 e. The minimum atomic E-state index is -0.479. The summed E-state index contributed by atoms with van der Waals surface area (Å²) in [6.07, 6.45) is 1.25. The summed E-state index contributed by atoms with van der Waals surface area (Å²) < 4.78 is 10.4. The second-order valence-electron chi connectivity index (χ2n) is 7.28. The third kappa shape index (κ3) is 6.01. The van der Waals surface area contributed by atoms with Crippen LogP contribution < -0.4 is 9.47 Å². The molecule has 156 valence electrons. The van der Waals surface area contributed by atoms with Gasteiger partial charge in [-0.15, -0.1) is 0 Å². The van der Waals surface area contributed by atoms with E-state index < -0.39 is 11.9 Å². The maximum Gasteiger partial charge on any atom is 0.338 e. The van der Waals surface area contributed by atoms with E-state index in [4.69, 9.17) is 9.47 Å². The first kappa shape index (κ1) is 22.8. The topological polar surface area (TPSA) is 69.7 Å². The summed E-state index contributed by atoms with van der Waals surface area (Å²) in [7, 11) is 0. The Balaban J connectivity index is 2.17. The first-order chi connectivity index (χ1) is 14.2. The fraction of sp³-hybridized carbons (Fsp3) is 0.240. The standard InChI is InChI=1S/C25H26O5/c1-16(2)24(27)29-21-10-6-19(7-11-21)18(5)23(14-15-26)20-8-12-22(13-9-20)30-25(28)17(3)4/h6-13,15,18,23H,1,3,14H2,2,4-5H3. The number of rotatable bonds is 9. The summed E-state index contributed by atoms with van der Waals surface area (Å²) in [6.45, 7) is 12.3. The zero-order valence-corrected chi connectivity index (χ0v) is 17.5. The third-order valence-electron chi connectivity index (χ3n) is 4.79. The molecule has 2 atom stereocenters. The number of carbonyl (C=O) groups is 3. The Hall–Kier alpha value is -3.47. The van der Waals surface area contributed by atoms with Crippen molar-refractivity contribution in [2.75, 3.05) is 0 Å². The molecule has 0 aliphatic heterocycles. The predicted molar refractivity (Wildman–Crippen MR) is 116 cm³/mol. The summed E-state index contributed by atoms with van der Waals surface area (Å²) in [4.78, 5) is 34.6. The smallest absolute Gasteiger partial charge is 0.338 e. The fourth-order valence-electron chi connectivity index (χ4n) is 2.98. The van der Waals surface area contributed by atoms with Crippen LogP contribution in [-0.2, 0) is 14.4 Å². The van der Waals surface area contributed by atoms with E-state index >= 15 is 0 Å². The van der Waals surface area contributed by atoms with E-state index in [0.29, 0.717) is 29.1 Å². The highest BCUT2D eigenvalue weighted by Gasteiger charge is 2.21. The van der Waals surface area contributed by atoms with Gasteiger partial charge >= 0.3 is 11.9 Å². The van der Waals surface area contributed by atoms with Crippen LogP contribution in [0, 0.1) is 0 Å². The summed E-state index contributed by atoms with van der Waals surface area (Å²) in [5.41, 5.74) is 2.62. The van der Waals surface area contributed by atoms with Crippen LogP contribution in [0.15, 0.2) is 72.8 Å². The summed E-state index contributed by atoms with van der Waals surface area (Å²) in [6, 6.07) is 14.3. The summed E-state index contributed by atoms with van der Waals surface area (Å²) >= 11 is 0. The van der Waals surface area contributed by atoms with Crippen LogP contribution in [0.3, 0.4) is 0 Å². The lowest BCUT2D eigenvalue weighted by atomic mass is 9.81. The Labute approximate surface area is 177 Å². The second-order valence-corrected chi connectivity index (χ2v) is 7.28. The molecule has 2 aromatic carbocycles. The molecule has 2 rings (SSSR count). The lowest BCUT2D eigenvalue weighted by Gasteiger charge is -2.23. The van der Waals surface area contributed by atoms with Crippen molar-refractivity contribution in [1.82, 2.24) is 0 Å². The van der Waals surface area contributed by atoms with Gasteiger partial charge in [-0.2, -0.15) is 0 Å². The molecule has 0 heterocycles. The summed E-state index contributed by atoms with van der Waals surface area (Å²) in [5, 5.41) is 0. The number of carbonyl (C=O) groups excluding carboxylic acids is 3. The van der Waals surface area contributed by atoms with Crippen LogP contribution in [0.2, 0.25) is 0 Å². The van der Waals surface area contributed by atoms with Gasteiger partial charge in [-0.1, -0.05) is 44.3 Å². The number of hydrogen-bond donors (Lipinski definition) is 0. The molecule has 30 heavy (non-hydrogen) atoms. The van der Waals surface area contributed by atoms with Gasteiger partial charge in [0.15, 0.2) is 0 Å². The maximum absolute atomic E-state index is 11.7. The zero-order valence-electron chi connectivity index (χ0n) is 17.5. The monoisotopic (exact) mass is 406 g/mol. The lowest BCUT2D eigenvalue weighted by molar-refractivity contribution is -0.130. The quantitative estimate of drug-likeness (QED) is 0.250. The van der Waals surface area contributed by atoms with Crippen molar-refractivity contribution in [1.29, 1.82) is 0 Å². The van der Waals surface area contributed by atoms with Crippen molar-refractivity contribution in [2.45, 2.75) is 39.0 Å². The van der Waals surface area contributed by atoms with E-state index in [9.17, 15) is 14.4 Å². The Morgan fingerprint density at radius 1 is 0.833 bits per heavy atom. The van der Waals surface area contributed by atoms with Gasteiger partial charge in [0.1, 0.15) is 17.8 Å². The molecule has 0 saturated heterocycles. The van der Waals surface area contributed by atoms with Gasteiger partial charge in [0, 0.05) is 17.6 Å². The van der Waals surface area contributed by atoms with E-state index in [-0.39, 0.29) is 11.8 Å². The maximum atomic E-state index is 11.7. The normalized spacial score (nSPS) is 12.4. The number of benzene rings is 2. The molecule has 5 heteroatoms. The van der Waals surface area contributed by atoms with Gasteiger partial charge in [0.25, 0.3) is 0 Å². The molecule has 0 aromatic heterocycles. The lowest BCUT2D eigenvalue weighted by Crippen LogP contribution is -2.11. The first-order valence-corrected chi connectivity index (χ1v) is 9.61. The minimum absolute atomic E-state index is 0.0323. The second kappa shape index (κ2) is 10.3. The van der Waals surface area contributed by atoms with Crippen LogP contribution in [0.4, 0.5) is 0 Å². The van der Waals surface area contributed by atoms with Crippen molar-refractivity contribution >= 4 is 18.2 Å². The SMILES string of the molecule is C=C(C)C(=O)Oc1ccc(C(C)C(CC=O)c2ccc(OC(=O)C(=C)C)cc2)cc1. The van der Waals surface area contributed by atoms with Crippen molar-refractivity contribution in [3.8, 4) is 11.5 Å². The highest BCUT2D eigenvalue weighted by molar-refractivity contribution is 5.89. The highest BCUT2D eigenvalue weighted by atomic mass is 16.5. The highest BCUT2D eigenvalue weighted by Crippen LogP contribution is 2.36. The van der Waals surface area contributed by atoms with E-state index in [1.807, 2.05) is 31.2 Å². The number of esters is 2. The average molecular weight is 406 g/mol. The van der Waals surface area contributed by atoms with Crippen LogP contribution in [0.25, 0.3) is 0 Å². The van der Waals surface area contributed by atoms with Gasteiger partial charge in [-0.3, -0.25) is 0 Å². The number of ether oxygens (including phenoxy) is 2. The fourth-order valence-corrected chi connectivity index (χ4v) is 2.98. The Bertz CT molecular complexity index is 939. The van der Waals surface area contributed by atoms with Gasteiger partial charge in [0.2, 0.25) is 0 Å². The van der Waals surface area contributed by atoms with Gasteiger partial charge in [0.05, 0.1) is 0 Å². The van der Waals surface area contributed by atoms with Crippen LogP contribution in [0.1, 0.15) is 50.2 Å². The Morgan fingerprint density at radius 2 is 1.23 bits per heavy atom. The Kier molecular flexibility index (Phi) is 7.87. The van der Waals surface area contributed by atoms with Gasteiger partial charge in [-0.05, 0) is 61.1 Å². The molecule has 0 aliphatic carbocycles. The molecule has 0 spiro atoms. The molecule has 0 fully saturated rings.